The average molecular weight is 243 g/mol. The van der Waals surface area contributed by atoms with Crippen molar-refractivity contribution in [3.8, 4) is 0 Å². The predicted molar refractivity (Wildman–Crippen MR) is 66.2 cm³/mol. The molecule has 1 aromatic rings. The van der Waals surface area contributed by atoms with E-state index in [4.69, 9.17) is 10.8 Å². The van der Waals surface area contributed by atoms with Gasteiger partial charge in [-0.1, -0.05) is 0 Å². The first-order valence-electron chi connectivity index (χ1n) is 5.35. The lowest BCUT2D eigenvalue weighted by Gasteiger charge is -2.13. The molecule has 3 N–H and O–H groups in total. The van der Waals surface area contributed by atoms with Gasteiger partial charge in [-0.05, 0) is 43.5 Å². The zero-order valence-electron chi connectivity index (χ0n) is 9.66. The number of hydrogen-bond donors (Lipinski definition) is 2. The smallest absolute Gasteiger partial charge is 0.126 e. The molecule has 0 aromatic heterocycles. The Morgan fingerprint density at radius 1 is 1.50 bits per heavy atom. The standard InChI is InChI=1S/C12H18FNOS/c1-8-6-12(16-5-3-4-15)10(9(2)14)7-11(8)13/h6-7,9,15H,3-5,14H2,1-2H3. The van der Waals surface area contributed by atoms with E-state index in [0.29, 0.717) is 5.56 Å². The molecule has 0 fully saturated rings. The number of benzene rings is 1. The summed E-state index contributed by atoms with van der Waals surface area (Å²) in [7, 11) is 0. The predicted octanol–water partition coefficient (Wildman–Crippen LogP) is 2.63. The van der Waals surface area contributed by atoms with Crippen molar-refractivity contribution in [2.24, 2.45) is 5.73 Å². The van der Waals surface area contributed by atoms with Crippen molar-refractivity contribution in [3.63, 3.8) is 0 Å². The number of aryl methyl sites for hydroxylation is 1. The normalized spacial score (nSPS) is 12.8. The van der Waals surface area contributed by atoms with Gasteiger partial charge in [-0.25, -0.2) is 4.39 Å². The summed E-state index contributed by atoms with van der Waals surface area (Å²) in [6, 6.07) is 3.17. The molecule has 0 saturated heterocycles. The quantitative estimate of drug-likeness (QED) is 0.617. The van der Waals surface area contributed by atoms with Crippen LogP contribution in [0, 0.1) is 12.7 Å². The lowest BCUT2D eigenvalue weighted by molar-refractivity contribution is 0.296. The lowest BCUT2D eigenvalue weighted by Crippen LogP contribution is -2.07. The molecule has 4 heteroatoms. The van der Waals surface area contributed by atoms with E-state index >= 15 is 0 Å². The lowest BCUT2D eigenvalue weighted by atomic mass is 10.1. The summed E-state index contributed by atoms with van der Waals surface area (Å²) < 4.78 is 13.4. The number of aliphatic hydroxyl groups is 1. The summed E-state index contributed by atoms with van der Waals surface area (Å²) in [5, 5.41) is 8.72. The summed E-state index contributed by atoms with van der Waals surface area (Å²) >= 11 is 1.62. The molecule has 0 amide bonds. The molecule has 90 valence electrons. The van der Waals surface area contributed by atoms with Gasteiger partial charge >= 0.3 is 0 Å². The summed E-state index contributed by atoms with van der Waals surface area (Å²) in [5.74, 6) is 0.611. The van der Waals surface area contributed by atoms with Crippen LogP contribution in [0.2, 0.25) is 0 Å². The molecule has 16 heavy (non-hydrogen) atoms. The van der Waals surface area contributed by atoms with E-state index in [-0.39, 0.29) is 18.5 Å². The summed E-state index contributed by atoms with van der Waals surface area (Å²) in [6.45, 7) is 3.78. The molecular weight excluding hydrogens is 225 g/mol. The molecule has 1 aromatic carbocycles. The minimum absolute atomic E-state index is 0.174. The molecule has 1 rings (SSSR count). The molecule has 0 bridgehead atoms. The Hall–Kier alpha value is -0.580. The first-order valence-corrected chi connectivity index (χ1v) is 6.34. The van der Waals surface area contributed by atoms with Crippen LogP contribution in [0.4, 0.5) is 4.39 Å². The van der Waals surface area contributed by atoms with E-state index in [1.165, 1.54) is 6.07 Å². The van der Waals surface area contributed by atoms with E-state index in [1.807, 2.05) is 13.0 Å². The van der Waals surface area contributed by atoms with Crippen LogP contribution in [0.1, 0.15) is 30.5 Å². The van der Waals surface area contributed by atoms with Gasteiger partial charge in [-0.15, -0.1) is 11.8 Å². The summed E-state index contributed by atoms with van der Waals surface area (Å²) in [4.78, 5) is 1.02. The van der Waals surface area contributed by atoms with Crippen LogP contribution < -0.4 is 5.73 Å². The van der Waals surface area contributed by atoms with Crippen LogP contribution in [0.25, 0.3) is 0 Å². The zero-order valence-corrected chi connectivity index (χ0v) is 10.5. The number of halogens is 1. The van der Waals surface area contributed by atoms with Crippen LogP contribution >= 0.6 is 11.8 Å². The van der Waals surface area contributed by atoms with Gasteiger partial charge < -0.3 is 10.8 Å². The maximum absolute atomic E-state index is 13.4. The van der Waals surface area contributed by atoms with Crippen LogP contribution in [0.15, 0.2) is 17.0 Å². The molecule has 0 saturated carbocycles. The first-order chi connectivity index (χ1) is 7.56. The first kappa shape index (κ1) is 13.5. The molecule has 0 aliphatic heterocycles. The van der Waals surface area contributed by atoms with Gasteiger partial charge in [0.25, 0.3) is 0 Å². The highest BCUT2D eigenvalue weighted by Gasteiger charge is 2.11. The summed E-state index contributed by atoms with van der Waals surface area (Å²) in [6.07, 6.45) is 0.736. The van der Waals surface area contributed by atoms with Crippen LogP contribution in [-0.4, -0.2) is 17.5 Å². The van der Waals surface area contributed by atoms with Gasteiger partial charge in [-0.2, -0.15) is 0 Å². The Labute approximate surface area is 100 Å². The summed E-state index contributed by atoms with van der Waals surface area (Å²) in [5.41, 5.74) is 7.28. The van der Waals surface area contributed by atoms with E-state index in [0.717, 1.165) is 22.6 Å². The Morgan fingerprint density at radius 3 is 2.75 bits per heavy atom. The second kappa shape index (κ2) is 6.23. The van der Waals surface area contributed by atoms with Crippen molar-refractivity contribution in [2.45, 2.75) is 31.2 Å². The van der Waals surface area contributed by atoms with Crippen LogP contribution in [-0.2, 0) is 0 Å². The molecule has 0 aliphatic carbocycles. The number of aliphatic hydroxyl groups excluding tert-OH is 1. The minimum atomic E-state index is -0.209. The highest BCUT2D eigenvalue weighted by Crippen LogP contribution is 2.29. The topological polar surface area (TPSA) is 46.2 Å². The van der Waals surface area contributed by atoms with Crippen molar-refractivity contribution in [3.05, 3.63) is 29.1 Å². The molecule has 1 unspecified atom stereocenters. The van der Waals surface area contributed by atoms with Gasteiger partial charge in [0.2, 0.25) is 0 Å². The fourth-order valence-corrected chi connectivity index (χ4v) is 2.56. The largest absolute Gasteiger partial charge is 0.396 e. The Bertz CT molecular complexity index is 355. The third kappa shape index (κ3) is 3.47. The highest BCUT2D eigenvalue weighted by molar-refractivity contribution is 7.99. The minimum Gasteiger partial charge on any atom is -0.396 e. The fourth-order valence-electron chi connectivity index (χ4n) is 1.40. The third-order valence-electron chi connectivity index (χ3n) is 2.34. The molecule has 2 nitrogen and oxygen atoms in total. The van der Waals surface area contributed by atoms with Gasteiger partial charge in [0.05, 0.1) is 0 Å². The van der Waals surface area contributed by atoms with E-state index in [1.54, 1.807) is 18.7 Å². The monoisotopic (exact) mass is 243 g/mol. The third-order valence-corrected chi connectivity index (χ3v) is 3.50. The van der Waals surface area contributed by atoms with Crippen molar-refractivity contribution in [1.82, 2.24) is 0 Å². The van der Waals surface area contributed by atoms with Crippen molar-refractivity contribution in [2.75, 3.05) is 12.4 Å². The molecule has 1 atom stereocenters. The number of hydrogen-bond acceptors (Lipinski definition) is 3. The zero-order chi connectivity index (χ0) is 12.1. The Kier molecular flexibility index (Phi) is 5.25. The second-order valence-electron chi connectivity index (χ2n) is 3.85. The van der Waals surface area contributed by atoms with Gasteiger partial charge in [0.1, 0.15) is 5.82 Å². The SMILES string of the molecule is Cc1cc(SCCCO)c(C(C)N)cc1F. The maximum atomic E-state index is 13.4. The average Bonchev–Trinajstić information content (AvgIpc) is 2.23. The Balaban J connectivity index is 2.91. The molecule has 0 heterocycles. The molecule has 0 radical (unpaired) electrons. The van der Waals surface area contributed by atoms with E-state index in [9.17, 15) is 4.39 Å². The van der Waals surface area contributed by atoms with Crippen molar-refractivity contribution in [1.29, 1.82) is 0 Å². The molecular formula is C12H18FNOS. The van der Waals surface area contributed by atoms with Gasteiger partial charge in [0.15, 0.2) is 0 Å². The molecule has 0 aliphatic rings. The van der Waals surface area contributed by atoms with Gasteiger partial charge in [-0.3, -0.25) is 0 Å². The van der Waals surface area contributed by atoms with Crippen LogP contribution in [0.3, 0.4) is 0 Å². The number of thioether (sulfide) groups is 1. The fraction of sp³-hybridized carbons (Fsp3) is 0.500. The van der Waals surface area contributed by atoms with Crippen molar-refractivity contribution < 1.29 is 9.50 Å². The second-order valence-corrected chi connectivity index (χ2v) is 4.99. The van der Waals surface area contributed by atoms with E-state index < -0.39 is 0 Å². The van der Waals surface area contributed by atoms with E-state index in [2.05, 4.69) is 0 Å². The maximum Gasteiger partial charge on any atom is 0.126 e. The number of rotatable bonds is 5. The van der Waals surface area contributed by atoms with Crippen LogP contribution in [0.5, 0.6) is 0 Å². The Morgan fingerprint density at radius 2 is 2.19 bits per heavy atom. The number of nitrogens with two attached hydrogens (primary N) is 1. The van der Waals surface area contributed by atoms with Crippen molar-refractivity contribution >= 4 is 11.8 Å². The van der Waals surface area contributed by atoms with Gasteiger partial charge in [0, 0.05) is 23.3 Å². The molecule has 0 spiro atoms. The highest BCUT2D eigenvalue weighted by atomic mass is 32.2.